The number of hydrogen-bond acceptors (Lipinski definition) is 2. The van der Waals surface area contributed by atoms with Gasteiger partial charge in [-0.05, 0) is 17.7 Å². The average molecular weight is 195 g/mol. The summed E-state index contributed by atoms with van der Waals surface area (Å²) in [5.41, 5.74) is 8.01. The summed E-state index contributed by atoms with van der Waals surface area (Å²) in [6, 6.07) is 9.13. The van der Waals surface area contributed by atoms with Crippen LogP contribution >= 0.6 is 0 Å². The van der Waals surface area contributed by atoms with Gasteiger partial charge in [0.15, 0.2) is 0 Å². The van der Waals surface area contributed by atoms with Crippen LogP contribution in [0.15, 0.2) is 40.3 Å². The first-order valence-electron chi connectivity index (χ1n) is 3.79. The standard InChI is InChI=1S/C8H9N3OS/c9-11-10-6-7-13(12)8-4-2-1-3-5-8/h1-5H,6-7H2. The molecule has 0 aromatic heterocycles. The van der Waals surface area contributed by atoms with Crippen LogP contribution in [0.3, 0.4) is 0 Å². The Bertz CT molecular complexity index is 333. The molecule has 1 aromatic rings. The second-order valence-electron chi connectivity index (χ2n) is 2.32. The summed E-state index contributed by atoms with van der Waals surface area (Å²) in [4.78, 5) is 3.37. The molecule has 0 aliphatic heterocycles. The first-order valence-corrected chi connectivity index (χ1v) is 5.11. The van der Waals surface area contributed by atoms with Crippen LogP contribution in [0, 0.1) is 0 Å². The zero-order valence-electron chi connectivity index (χ0n) is 6.96. The Morgan fingerprint density at radius 3 is 2.69 bits per heavy atom. The van der Waals surface area contributed by atoms with Gasteiger partial charge in [0, 0.05) is 22.1 Å². The van der Waals surface area contributed by atoms with E-state index in [2.05, 4.69) is 10.0 Å². The Labute approximate surface area is 78.7 Å². The average Bonchev–Trinajstić information content (AvgIpc) is 2.19. The van der Waals surface area contributed by atoms with E-state index in [0.29, 0.717) is 5.75 Å². The van der Waals surface area contributed by atoms with E-state index < -0.39 is 10.8 Å². The Morgan fingerprint density at radius 2 is 2.08 bits per heavy atom. The molecule has 68 valence electrons. The van der Waals surface area contributed by atoms with Gasteiger partial charge < -0.3 is 0 Å². The predicted octanol–water partition coefficient (Wildman–Crippen LogP) is 2.10. The highest BCUT2D eigenvalue weighted by molar-refractivity contribution is 7.85. The number of benzene rings is 1. The molecular formula is C8H9N3OS. The predicted molar refractivity (Wildman–Crippen MR) is 51.7 cm³/mol. The van der Waals surface area contributed by atoms with Gasteiger partial charge in [-0.25, -0.2) is 0 Å². The summed E-state index contributed by atoms with van der Waals surface area (Å²) in [7, 11) is -1.05. The summed E-state index contributed by atoms with van der Waals surface area (Å²) in [6.07, 6.45) is 0. The molecule has 0 saturated heterocycles. The molecule has 0 radical (unpaired) electrons. The van der Waals surface area contributed by atoms with E-state index in [1.807, 2.05) is 18.2 Å². The van der Waals surface area contributed by atoms with Crippen LogP contribution < -0.4 is 0 Å². The molecule has 4 nitrogen and oxygen atoms in total. The minimum absolute atomic E-state index is 0.276. The third kappa shape index (κ3) is 3.27. The van der Waals surface area contributed by atoms with Gasteiger partial charge in [0.05, 0.1) is 10.8 Å². The zero-order chi connectivity index (χ0) is 9.52. The highest BCUT2D eigenvalue weighted by atomic mass is 32.2. The van der Waals surface area contributed by atoms with Crippen molar-refractivity contribution in [3.05, 3.63) is 40.8 Å². The first-order chi connectivity index (χ1) is 6.34. The Hall–Kier alpha value is -1.32. The maximum atomic E-state index is 11.4. The molecule has 1 atom stereocenters. The molecule has 0 amide bonds. The Balaban J connectivity index is 2.54. The maximum Gasteiger partial charge on any atom is 0.0530 e. The van der Waals surface area contributed by atoms with Crippen LogP contribution in [0.25, 0.3) is 10.4 Å². The van der Waals surface area contributed by atoms with Gasteiger partial charge in [-0.15, -0.1) is 0 Å². The minimum Gasteiger partial charge on any atom is -0.254 e. The monoisotopic (exact) mass is 195 g/mol. The van der Waals surface area contributed by atoms with Crippen LogP contribution in [-0.2, 0) is 10.8 Å². The van der Waals surface area contributed by atoms with Gasteiger partial charge in [-0.1, -0.05) is 23.3 Å². The van der Waals surface area contributed by atoms with Crippen molar-refractivity contribution in [3.8, 4) is 0 Å². The topological polar surface area (TPSA) is 65.8 Å². The molecule has 0 heterocycles. The lowest BCUT2D eigenvalue weighted by Gasteiger charge is -1.97. The van der Waals surface area contributed by atoms with E-state index in [1.54, 1.807) is 12.1 Å². The summed E-state index contributed by atoms with van der Waals surface area (Å²) >= 11 is 0. The highest BCUT2D eigenvalue weighted by Crippen LogP contribution is 2.04. The fraction of sp³-hybridized carbons (Fsp3) is 0.250. The lowest BCUT2D eigenvalue weighted by molar-refractivity contribution is 0.682. The van der Waals surface area contributed by atoms with Crippen molar-refractivity contribution in [2.24, 2.45) is 5.11 Å². The highest BCUT2D eigenvalue weighted by Gasteiger charge is 2.00. The van der Waals surface area contributed by atoms with Crippen molar-refractivity contribution in [2.45, 2.75) is 4.90 Å². The molecule has 5 heteroatoms. The summed E-state index contributed by atoms with van der Waals surface area (Å²) < 4.78 is 11.4. The SMILES string of the molecule is [N-]=[N+]=NCCS(=O)c1ccccc1. The van der Waals surface area contributed by atoms with Gasteiger partial charge in [-0.2, -0.15) is 0 Å². The van der Waals surface area contributed by atoms with Crippen molar-refractivity contribution in [1.82, 2.24) is 0 Å². The first kappa shape index (κ1) is 9.77. The van der Waals surface area contributed by atoms with Crippen LogP contribution in [-0.4, -0.2) is 16.5 Å². The van der Waals surface area contributed by atoms with Gasteiger partial charge in [0.25, 0.3) is 0 Å². The molecular weight excluding hydrogens is 186 g/mol. The third-order valence-corrected chi connectivity index (χ3v) is 2.80. The van der Waals surface area contributed by atoms with Crippen molar-refractivity contribution < 1.29 is 4.21 Å². The second-order valence-corrected chi connectivity index (χ2v) is 3.89. The molecule has 0 N–H and O–H groups in total. The fourth-order valence-corrected chi connectivity index (χ4v) is 1.80. The summed E-state index contributed by atoms with van der Waals surface area (Å²) in [5.74, 6) is 0.383. The number of hydrogen-bond donors (Lipinski definition) is 0. The van der Waals surface area contributed by atoms with Crippen molar-refractivity contribution in [2.75, 3.05) is 12.3 Å². The van der Waals surface area contributed by atoms with E-state index in [-0.39, 0.29) is 6.54 Å². The Morgan fingerprint density at radius 1 is 1.38 bits per heavy atom. The van der Waals surface area contributed by atoms with Gasteiger partial charge in [0.1, 0.15) is 0 Å². The van der Waals surface area contributed by atoms with Gasteiger partial charge in [0.2, 0.25) is 0 Å². The van der Waals surface area contributed by atoms with Crippen molar-refractivity contribution >= 4 is 10.8 Å². The largest absolute Gasteiger partial charge is 0.254 e. The maximum absolute atomic E-state index is 11.4. The quantitative estimate of drug-likeness (QED) is 0.412. The third-order valence-electron chi connectivity index (χ3n) is 1.45. The van der Waals surface area contributed by atoms with Crippen LogP contribution in [0.1, 0.15) is 0 Å². The molecule has 1 unspecified atom stereocenters. The molecule has 0 spiro atoms. The number of rotatable bonds is 4. The molecule has 1 aromatic carbocycles. The number of nitrogens with zero attached hydrogens (tertiary/aromatic N) is 3. The van der Waals surface area contributed by atoms with E-state index in [0.717, 1.165) is 4.90 Å². The van der Waals surface area contributed by atoms with E-state index >= 15 is 0 Å². The van der Waals surface area contributed by atoms with E-state index in [4.69, 9.17) is 5.53 Å². The van der Waals surface area contributed by atoms with Crippen LogP contribution in [0.5, 0.6) is 0 Å². The molecule has 0 fully saturated rings. The van der Waals surface area contributed by atoms with Gasteiger partial charge in [-0.3, -0.25) is 4.21 Å². The smallest absolute Gasteiger partial charge is 0.0530 e. The zero-order valence-corrected chi connectivity index (χ0v) is 7.78. The van der Waals surface area contributed by atoms with E-state index in [1.165, 1.54) is 0 Å². The van der Waals surface area contributed by atoms with Gasteiger partial charge >= 0.3 is 0 Å². The number of azide groups is 1. The van der Waals surface area contributed by atoms with Crippen molar-refractivity contribution in [1.29, 1.82) is 0 Å². The lowest BCUT2D eigenvalue weighted by Crippen LogP contribution is -2.00. The van der Waals surface area contributed by atoms with Crippen LogP contribution in [0.4, 0.5) is 0 Å². The van der Waals surface area contributed by atoms with Crippen molar-refractivity contribution in [3.63, 3.8) is 0 Å². The Kier molecular flexibility index (Phi) is 4.02. The molecule has 1 rings (SSSR count). The van der Waals surface area contributed by atoms with E-state index in [9.17, 15) is 4.21 Å². The summed E-state index contributed by atoms with van der Waals surface area (Å²) in [6.45, 7) is 0.276. The normalized spacial score (nSPS) is 11.7. The molecule has 13 heavy (non-hydrogen) atoms. The minimum atomic E-state index is -1.05. The summed E-state index contributed by atoms with van der Waals surface area (Å²) in [5, 5.41) is 3.32. The molecule has 0 aliphatic rings. The lowest BCUT2D eigenvalue weighted by atomic mass is 10.4. The van der Waals surface area contributed by atoms with Crippen LogP contribution in [0.2, 0.25) is 0 Å². The molecule has 0 saturated carbocycles. The molecule has 0 bridgehead atoms. The molecule has 0 aliphatic carbocycles. The fourth-order valence-electron chi connectivity index (χ4n) is 0.859. The second kappa shape index (κ2) is 5.35.